The minimum Gasteiger partial charge on any atom is -0.502 e. The van der Waals surface area contributed by atoms with Gasteiger partial charge in [-0.05, 0) is 11.6 Å². The molecule has 0 saturated carbocycles. The second-order valence-corrected chi connectivity index (χ2v) is 5.21. The quantitative estimate of drug-likeness (QED) is 0.775. The minimum absolute atomic E-state index is 0.399. The number of benzene rings is 1. The van der Waals surface area contributed by atoms with Gasteiger partial charge in [0.05, 0.1) is 18.2 Å². The highest BCUT2D eigenvalue weighted by Gasteiger charge is 2.08. The Morgan fingerprint density at radius 1 is 1.24 bits per heavy atom. The average molecular weight is 301 g/mol. The molecule has 0 atom stereocenters. The van der Waals surface area contributed by atoms with Crippen LogP contribution in [0.3, 0.4) is 0 Å². The summed E-state index contributed by atoms with van der Waals surface area (Å²) in [4.78, 5) is 23.1. The number of ether oxygens (including phenoxy) is 1. The molecule has 2 N–H and O–H groups in total. The molecule has 0 saturated heterocycles. The number of methoxy groups -OCH3 is 1. The van der Waals surface area contributed by atoms with Crippen molar-refractivity contribution in [3.05, 3.63) is 47.0 Å². The second kappa shape index (κ2) is 5.37. The van der Waals surface area contributed by atoms with Crippen molar-refractivity contribution in [1.82, 2.24) is 15.0 Å². The Hall–Kier alpha value is -2.67. The van der Waals surface area contributed by atoms with Crippen molar-refractivity contribution in [2.75, 3.05) is 7.11 Å². The summed E-state index contributed by atoms with van der Waals surface area (Å²) in [6, 6.07) is 7.53. The minimum atomic E-state index is -0.565. The molecule has 21 heavy (non-hydrogen) atoms. The van der Waals surface area contributed by atoms with Crippen LogP contribution in [0, 0.1) is 0 Å². The maximum absolute atomic E-state index is 11.4. The molecule has 0 aliphatic rings. The van der Waals surface area contributed by atoms with Gasteiger partial charge in [-0.25, -0.2) is 9.97 Å². The van der Waals surface area contributed by atoms with E-state index in [9.17, 15) is 9.90 Å². The van der Waals surface area contributed by atoms with Gasteiger partial charge in [-0.15, -0.1) is 0 Å². The van der Waals surface area contributed by atoms with Crippen molar-refractivity contribution in [2.45, 2.75) is 0 Å². The van der Waals surface area contributed by atoms with Crippen molar-refractivity contribution in [3.8, 4) is 32.8 Å². The number of aromatic hydroxyl groups is 1. The van der Waals surface area contributed by atoms with Gasteiger partial charge in [0, 0.05) is 11.8 Å². The molecule has 0 radical (unpaired) electrons. The van der Waals surface area contributed by atoms with Crippen molar-refractivity contribution in [3.63, 3.8) is 0 Å². The van der Waals surface area contributed by atoms with Crippen LogP contribution in [0.25, 0.3) is 21.8 Å². The van der Waals surface area contributed by atoms with E-state index in [4.69, 9.17) is 4.74 Å². The van der Waals surface area contributed by atoms with Crippen LogP contribution >= 0.6 is 11.3 Å². The molecular weight excluding hydrogens is 290 g/mol. The van der Waals surface area contributed by atoms with Gasteiger partial charge in [0.1, 0.15) is 5.82 Å². The largest absolute Gasteiger partial charge is 0.502 e. The molecule has 0 bridgehead atoms. The SMILES string of the molecule is COc1ncc(-c2cccc(-c3ncc(O)c(=O)[nH]3)c2)s1. The van der Waals surface area contributed by atoms with Gasteiger partial charge in [0.25, 0.3) is 10.8 Å². The molecule has 0 amide bonds. The van der Waals surface area contributed by atoms with E-state index in [1.807, 2.05) is 24.3 Å². The first-order chi connectivity index (χ1) is 10.2. The highest BCUT2D eigenvalue weighted by molar-refractivity contribution is 7.16. The molecule has 106 valence electrons. The monoisotopic (exact) mass is 301 g/mol. The lowest BCUT2D eigenvalue weighted by Crippen LogP contribution is -2.07. The molecule has 1 aromatic carbocycles. The molecule has 0 unspecified atom stereocenters. The summed E-state index contributed by atoms with van der Waals surface area (Å²) < 4.78 is 5.08. The Morgan fingerprint density at radius 3 is 2.76 bits per heavy atom. The van der Waals surface area contributed by atoms with E-state index < -0.39 is 11.3 Å². The standard InChI is InChI=1S/C14H11N3O3S/c1-20-14-16-7-11(21-14)8-3-2-4-9(5-8)12-15-6-10(18)13(19)17-12/h2-7,18H,1H3,(H,15,17,19). The fourth-order valence-electron chi connectivity index (χ4n) is 1.84. The molecule has 2 aromatic heterocycles. The summed E-state index contributed by atoms with van der Waals surface area (Å²) in [5.74, 6) is -0.00164. The van der Waals surface area contributed by atoms with Gasteiger partial charge in [-0.1, -0.05) is 29.5 Å². The number of aromatic amines is 1. The molecule has 3 aromatic rings. The predicted molar refractivity (Wildman–Crippen MR) is 79.6 cm³/mol. The van der Waals surface area contributed by atoms with Gasteiger partial charge >= 0.3 is 0 Å². The lowest BCUT2D eigenvalue weighted by molar-refractivity contribution is 0.412. The molecule has 7 heteroatoms. The van der Waals surface area contributed by atoms with Gasteiger partial charge in [0.2, 0.25) is 0 Å². The number of aromatic nitrogens is 3. The van der Waals surface area contributed by atoms with Crippen LogP contribution in [0.15, 0.2) is 41.5 Å². The second-order valence-electron chi connectivity index (χ2n) is 4.22. The maximum atomic E-state index is 11.4. The molecule has 0 aliphatic carbocycles. The lowest BCUT2D eigenvalue weighted by Gasteiger charge is -2.03. The number of rotatable bonds is 3. The molecule has 6 nitrogen and oxygen atoms in total. The van der Waals surface area contributed by atoms with Gasteiger partial charge < -0.3 is 14.8 Å². The van der Waals surface area contributed by atoms with Gasteiger partial charge in [-0.2, -0.15) is 0 Å². The number of H-pyrrole nitrogens is 1. The molecule has 2 heterocycles. The first-order valence-electron chi connectivity index (χ1n) is 6.06. The zero-order chi connectivity index (χ0) is 14.8. The third kappa shape index (κ3) is 2.63. The Balaban J connectivity index is 2.03. The van der Waals surface area contributed by atoms with Crippen LogP contribution in [-0.4, -0.2) is 27.2 Å². The van der Waals surface area contributed by atoms with Crippen molar-refractivity contribution < 1.29 is 9.84 Å². The number of hydrogen-bond acceptors (Lipinski definition) is 6. The van der Waals surface area contributed by atoms with E-state index in [0.29, 0.717) is 11.0 Å². The lowest BCUT2D eigenvalue weighted by atomic mass is 10.1. The van der Waals surface area contributed by atoms with Gasteiger partial charge in [-0.3, -0.25) is 4.79 Å². The van der Waals surface area contributed by atoms with E-state index in [1.54, 1.807) is 13.3 Å². The third-order valence-corrected chi connectivity index (χ3v) is 3.87. The van der Waals surface area contributed by atoms with Crippen LogP contribution in [0.4, 0.5) is 0 Å². The normalized spacial score (nSPS) is 10.5. The molecule has 0 aliphatic heterocycles. The molecular formula is C14H11N3O3S. The topological polar surface area (TPSA) is 88.1 Å². The Bertz CT molecular complexity index is 841. The first kappa shape index (κ1) is 13.3. The number of thiazole rings is 1. The highest BCUT2D eigenvalue weighted by Crippen LogP contribution is 2.31. The van der Waals surface area contributed by atoms with Crippen molar-refractivity contribution in [2.24, 2.45) is 0 Å². The average Bonchev–Trinajstić information content (AvgIpc) is 2.99. The number of nitrogens with one attached hydrogen (secondary N) is 1. The summed E-state index contributed by atoms with van der Waals surface area (Å²) in [5.41, 5.74) is 1.13. The van der Waals surface area contributed by atoms with Crippen molar-refractivity contribution in [1.29, 1.82) is 0 Å². The molecule has 0 fully saturated rings. The fourth-order valence-corrected chi connectivity index (χ4v) is 2.57. The summed E-state index contributed by atoms with van der Waals surface area (Å²) in [6.07, 6.45) is 2.87. The molecule has 0 spiro atoms. The van der Waals surface area contributed by atoms with E-state index in [1.165, 1.54) is 11.3 Å². The van der Waals surface area contributed by atoms with Crippen LogP contribution in [0.2, 0.25) is 0 Å². The van der Waals surface area contributed by atoms with E-state index in [2.05, 4.69) is 15.0 Å². The predicted octanol–water partition coefficient (Wildman–Crippen LogP) is 2.27. The van der Waals surface area contributed by atoms with Crippen LogP contribution in [-0.2, 0) is 0 Å². The number of hydrogen-bond donors (Lipinski definition) is 2. The summed E-state index contributed by atoms with van der Waals surface area (Å²) in [7, 11) is 1.57. The number of nitrogens with zero attached hydrogens (tertiary/aromatic N) is 2. The Labute approximate surface area is 123 Å². The zero-order valence-corrected chi connectivity index (χ0v) is 11.8. The van der Waals surface area contributed by atoms with E-state index in [-0.39, 0.29) is 0 Å². The third-order valence-electron chi connectivity index (χ3n) is 2.86. The molecule has 3 rings (SSSR count). The zero-order valence-electron chi connectivity index (χ0n) is 11.0. The first-order valence-corrected chi connectivity index (χ1v) is 6.88. The summed E-state index contributed by atoms with van der Waals surface area (Å²) in [6.45, 7) is 0. The van der Waals surface area contributed by atoms with Crippen molar-refractivity contribution >= 4 is 11.3 Å². The van der Waals surface area contributed by atoms with E-state index >= 15 is 0 Å². The highest BCUT2D eigenvalue weighted by atomic mass is 32.1. The maximum Gasteiger partial charge on any atom is 0.293 e. The van der Waals surface area contributed by atoms with Gasteiger partial charge in [0.15, 0.2) is 5.75 Å². The summed E-state index contributed by atoms with van der Waals surface area (Å²) in [5, 5.41) is 9.82. The van der Waals surface area contributed by atoms with Crippen LogP contribution < -0.4 is 10.3 Å². The van der Waals surface area contributed by atoms with E-state index in [0.717, 1.165) is 22.2 Å². The summed E-state index contributed by atoms with van der Waals surface area (Å²) >= 11 is 1.43. The fraction of sp³-hybridized carbons (Fsp3) is 0.0714. The smallest absolute Gasteiger partial charge is 0.293 e. The Morgan fingerprint density at radius 2 is 2.05 bits per heavy atom. The van der Waals surface area contributed by atoms with Crippen LogP contribution in [0.5, 0.6) is 10.9 Å². The van der Waals surface area contributed by atoms with Crippen LogP contribution in [0.1, 0.15) is 0 Å². The Kier molecular flexibility index (Phi) is 3.41.